The number of piperidine rings is 1. The highest BCUT2D eigenvalue weighted by Gasteiger charge is 2.45. The second kappa shape index (κ2) is 9.08. The van der Waals surface area contributed by atoms with Gasteiger partial charge in [-0.05, 0) is 30.9 Å². The molecule has 2 aromatic carbocycles. The number of aliphatic hydroxyl groups is 1. The second-order valence-electron chi connectivity index (χ2n) is 8.40. The largest absolute Gasteiger partial charge is 0.390 e. The molecule has 0 saturated carbocycles. The van der Waals surface area contributed by atoms with Gasteiger partial charge in [0.05, 0.1) is 6.10 Å². The first-order chi connectivity index (χ1) is 13.9. The van der Waals surface area contributed by atoms with E-state index in [2.05, 4.69) is 11.8 Å². The van der Waals surface area contributed by atoms with Crippen molar-refractivity contribution in [2.45, 2.75) is 43.4 Å². The van der Waals surface area contributed by atoms with E-state index < -0.39 is 11.5 Å². The molecule has 1 aliphatic heterocycles. The molecule has 1 aliphatic rings. The van der Waals surface area contributed by atoms with Crippen molar-refractivity contribution >= 4 is 5.91 Å². The van der Waals surface area contributed by atoms with Crippen LogP contribution in [-0.2, 0) is 10.2 Å². The topological polar surface area (TPSA) is 69.8 Å². The summed E-state index contributed by atoms with van der Waals surface area (Å²) in [4.78, 5) is 17.7. The normalized spacial score (nSPS) is 21.6. The summed E-state index contributed by atoms with van der Waals surface area (Å²) in [5, 5.41) is 10.3. The monoisotopic (exact) mass is 395 g/mol. The standard InChI is InChI=1S/C24H33N3O2/c1-18(27-15-14-21(25)22(28)17-27)16-24(23(29)26(2)3,19-10-6-4-7-11-19)20-12-8-5-9-13-20/h4-13,18,21-22,28H,14-17,25H2,1-3H3/t18?,21-,22+/m1/s1. The lowest BCUT2D eigenvalue weighted by molar-refractivity contribution is -0.134. The number of β-amino-alcohol motifs (C(OH)–C–C–N with tert-alkyl or cyclic N) is 1. The molecule has 3 atom stereocenters. The number of nitrogens with zero attached hydrogens (tertiary/aromatic N) is 2. The number of hydrogen-bond acceptors (Lipinski definition) is 4. The van der Waals surface area contributed by atoms with Crippen LogP contribution in [0.5, 0.6) is 0 Å². The summed E-state index contributed by atoms with van der Waals surface area (Å²) in [6, 6.07) is 20.0. The van der Waals surface area contributed by atoms with E-state index >= 15 is 0 Å². The molecule has 1 amide bonds. The van der Waals surface area contributed by atoms with E-state index in [-0.39, 0.29) is 18.0 Å². The minimum Gasteiger partial charge on any atom is -0.390 e. The third-order valence-corrected chi connectivity index (χ3v) is 6.19. The molecule has 2 aromatic rings. The van der Waals surface area contributed by atoms with Gasteiger partial charge < -0.3 is 15.7 Å². The Balaban J connectivity index is 2.06. The van der Waals surface area contributed by atoms with E-state index in [0.29, 0.717) is 13.0 Å². The molecule has 0 radical (unpaired) electrons. The molecule has 1 unspecified atom stereocenters. The summed E-state index contributed by atoms with van der Waals surface area (Å²) in [5.74, 6) is 0.0657. The number of carbonyl (C=O) groups excluding carboxylic acids is 1. The summed E-state index contributed by atoms with van der Waals surface area (Å²) in [7, 11) is 3.63. The Bertz CT molecular complexity index is 755. The number of likely N-dealkylation sites (N-methyl/N-ethyl adjacent to an activating group) is 1. The molecule has 1 heterocycles. The molecule has 1 fully saturated rings. The Morgan fingerprint density at radius 2 is 1.66 bits per heavy atom. The zero-order chi connectivity index (χ0) is 21.0. The van der Waals surface area contributed by atoms with Crippen molar-refractivity contribution in [2.24, 2.45) is 5.73 Å². The first-order valence-corrected chi connectivity index (χ1v) is 10.4. The van der Waals surface area contributed by atoms with E-state index in [4.69, 9.17) is 5.73 Å². The predicted molar refractivity (Wildman–Crippen MR) is 117 cm³/mol. The highest BCUT2D eigenvalue weighted by molar-refractivity contribution is 5.92. The number of aliphatic hydroxyl groups excluding tert-OH is 1. The molecule has 0 spiro atoms. The molecule has 0 aromatic heterocycles. The van der Waals surface area contributed by atoms with Gasteiger partial charge in [0.15, 0.2) is 0 Å². The number of hydrogen-bond donors (Lipinski definition) is 2. The molecule has 3 N–H and O–H groups in total. The minimum absolute atomic E-state index is 0.0657. The maximum Gasteiger partial charge on any atom is 0.237 e. The lowest BCUT2D eigenvalue weighted by Crippen LogP contribution is -2.55. The zero-order valence-electron chi connectivity index (χ0n) is 17.7. The van der Waals surface area contributed by atoms with E-state index in [9.17, 15) is 9.90 Å². The van der Waals surface area contributed by atoms with Crippen LogP contribution in [0.4, 0.5) is 0 Å². The van der Waals surface area contributed by atoms with Gasteiger partial charge in [0.25, 0.3) is 0 Å². The maximum atomic E-state index is 13.7. The number of likely N-dealkylation sites (tertiary alicyclic amines) is 1. The lowest BCUT2D eigenvalue weighted by atomic mass is 9.69. The zero-order valence-corrected chi connectivity index (χ0v) is 17.7. The summed E-state index contributed by atoms with van der Waals surface area (Å²) in [6.45, 7) is 3.51. The van der Waals surface area contributed by atoms with Gasteiger partial charge in [-0.3, -0.25) is 9.69 Å². The Labute approximate surface area is 174 Å². The van der Waals surface area contributed by atoms with Gasteiger partial charge in [0, 0.05) is 39.3 Å². The molecule has 5 nitrogen and oxygen atoms in total. The van der Waals surface area contributed by atoms with Crippen LogP contribution in [0.2, 0.25) is 0 Å². The van der Waals surface area contributed by atoms with Crippen molar-refractivity contribution in [1.82, 2.24) is 9.80 Å². The molecule has 0 aliphatic carbocycles. The number of carbonyl (C=O) groups is 1. The fraction of sp³-hybridized carbons (Fsp3) is 0.458. The van der Waals surface area contributed by atoms with Crippen molar-refractivity contribution < 1.29 is 9.90 Å². The number of nitrogens with two attached hydrogens (primary N) is 1. The average Bonchev–Trinajstić information content (AvgIpc) is 2.74. The Hall–Kier alpha value is -2.21. The summed E-state index contributed by atoms with van der Waals surface area (Å²) < 4.78 is 0. The van der Waals surface area contributed by atoms with Crippen molar-refractivity contribution in [3.8, 4) is 0 Å². The number of amides is 1. The van der Waals surface area contributed by atoms with Crippen LogP contribution in [0.15, 0.2) is 60.7 Å². The quantitative estimate of drug-likeness (QED) is 0.787. The molecule has 156 valence electrons. The smallest absolute Gasteiger partial charge is 0.237 e. The van der Waals surface area contributed by atoms with Gasteiger partial charge in [-0.15, -0.1) is 0 Å². The van der Waals surface area contributed by atoms with Crippen LogP contribution in [0, 0.1) is 0 Å². The van der Waals surface area contributed by atoms with Gasteiger partial charge in [0.1, 0.15) is 5.41 Å². The Morgan fingerprint density at radius 1 is 1.14 bits per heavy atom. The van der Waals surface area contributed by atoms with E-state index in [1.807, 2.05) is 74.8 Å². The molecule has 1 saturated heterocycles. The van der Waals surface area contributed by atoms with Crippen LogP contribution in [0.3, 0.4) is 0 Å². The van der Waals surface area contributed by atoms with E-state index in [1.165, 1.54) is 0 Å². The first-order valence-electron chi connectivity index (χ1n) is 10.4. The molecule has 0 bridgehead atoms. The minimum atomic E-state index is -0.796. The summed E-state index contributed by atoms with van der Waals surface area (Å²) in [5.41, 5.74) is 7.19. The van der Waals surface area contributed by atoms with E-state index in [1.54, 1.807) is 4.90 Å². The molecule has 29 heavy (non-hydrogen) atoms. The van der Waals surface area contributed by atoms with Crippen molar-refractivity contribution in [2.75, 3.05) is 27.2 Å². The summed E-state index contributed by atoms with van der Waals surface area (Å²) in [6.07, 6.45) is 0.857. The van der Waals surface area contributed by atoms with Crippen LogP contribution < -0.4 is 5.73 Å². The molecular formula is C24H33N3O2. The van der Waals surface area contributed by atoms with E-state index in [0.717, 1.165) is 24.1 Å². The highest BCUT2D eigenvalue weighted by Crippen LogP contribution is 2.39. The maximum absolute atomic E-state index is 13.7. The van der Waals surface area contributed by atoms with Gasteiger partial charge in [0.2, 0.25) is 5.91 Å². The van der Waals surface area contributed by atoms with Gasteiger partial charge >= 0.3 is 0 Å². The lowest BCUT2D eigenvalue weighted by Gasteiger charge is -2.43. The number of benzene rings is 2. The van der Waals surface area contributed by atoms with Crippen LogP contribution >= 0.6 is 0 Å². The van der Waals surface area contributed by atoms with Crippen LogP contribution in [-0.4, -0.2) is 66.2 Å². The highest BCUT2D eigenvalue weighted by atomic mass is 16.3. The molecule has 3 rings (SSSR count). The molecular weight excluding hydrogens is 362 g/mol. The van der Waals surface area contributed by atoms with Gasteiger partial charge in [-0.2, -0.15) is 0 Å². The van der Waals surface area contributed by atoms with Gasteiger partial charge in [-0.1, -0.05) is 60.7 Å². The van der Waals surface area contributed by atoms with Crippen LogP contribution in [0.25, 0.3) is 0 Å². The number of rotatable bonds is 6. The molecule has 5 heteroatoms. The first kappa shape index (κ1) is 21.5. The Kier molecular flexibility index (Phi) is 6.73. The van der Waals surface area contributed by atoms with Crippen molar-refractivity contribution in [3.63, 3.8) is 0 Å². The third kappa shape index (κ3) is 4.37. The summed E-state index contributed by atoms with van der Waals surface area (Å²) >= 11 is 0. The predicted octanol–water partition coefficient (Wildman–Crippen LogP) is 2.23. The van der Waals surface area contributed by atoms with Crippen molar-refractivity contribution in [3.05, 3.63) is 71.8 Å². The van der Waals surface area contributed by atoms with Gasteiger partial charge in [-0.25, -0.2) is 0 Å². The fourth-order valence-electron chi connectivity index (χ4n) is 4.51. The SMILES string of the molecule is CC(CC(C(=O)N(C)C)(c1ccccc1)c1ccccc1)N1CC[C@@H](N)[C@@H](O)C1. The second-order valence-corrected chi connectivity index (χ2v) is 8.40. The fourth-order valence-corrected chi connectivity index (χ4v) is 4.51. The third-order valence-electron chi connectivity index (χ3n) is 6.19. The Morgan fingerprint density at radius 3 is 2.10 bits per heavy atom. The average molecular weight is 396 g/mol. The van der Waals surface area contributed by atoms with Crippen molar-refractivity contribution in [1.29, 1.82) is 0 Å². The van der Waals surface area contributed by atoms with Crippen LogP contribution in [0.1, 0.15) is 30.9 Å².